The Bertz CT molecular complexity index is 519. The molecular weight excluding hydrogens is 224 g/mol. The highest BCUT2D eigenvalue weighted by atomic mass is 16.1. The highest BCUT2D eigenvalue weighted by Gasteiger charge is 2.22. The minimum Gasteiger partial charge on any atom is -0.307 e. The fourth-order valence-corrected chi connectivity index (χ4v) is 2.81. The predicted octanol–water partition coefficient (Wildman–Crippen LogP) is 3.03. The van der Waals surface area contributed by atoms with Gasteiger partial charge >= 0.3 is 0 Å². The molecule has 0 radical (unpaired) electrons. The summed E-state index contributed by atoms with van der Waals surface area (Å²) in [6, 6.07) is 5.96. The Labute approximate surface area is 107 Å². The molecule has 3 nitrogen and oxygen atoms in total. The molecule has 0 amide bonds. The maximum atomic E-state index is 12.0. The fourth-order valence-electron chi connectivity index (χ4n) is 2.81. The van der Waals surface area contributed by atoms with E-state index in [-0.39, 0.29) is 0 Å². The number of aryl methyl sites for hydroxylation is 1. The lowest BCUT2D eigenvalue weighted by molar-refractivity contribution is -0.122. The van der Waals surface area contributed by atoms with E-state index in [1.807, 2.05) is 35.0 Å². The molecule has 0 aliphatic heterocycles. The monoisotopic (exact) mass is 242 g/mol. The molecule has 0 bridgehead atoms. The SMILES string of the molecule is O=C(CCc1cn2ccccc2n1)C1CCCC1. The van der Waals surface area contributed by atoms with Crippen LogP contribution in [0.2, 0.25) is 0 Å². The van der Waals surface area contributed by atoms with Crippen LogP contribution in [0.4, 0.5) is 0 Å². The molecule has 1 saturated carbocycles. The van der Waals surface area contributed by atoms with Crippen LogP contribution in [-0.2, 0) is 11.2 Å². The van der Waals surface area contributed by atoms with E-state index in [0.717, 1.165) is 30.6 Å². The first-order valence-corrected chi connectivity index (χ1v) is 6.78. The van der Waals surface area contributed by atoms with Crippen molar-refractivity contribution in [3.05, 3.63) is 36.3 Å². The Balaban J connectivity index is 1.63. The smallest absolute Gasteiger partial charge is 0.136 e. The highest BCUT2D eigenvalue weighted by molar-refractivity contribution is 5.81. The van der Waals surface area contributed by atoms with E-state index in [4.69, 9.17) is 0 Å². The lowest BCUT2D eigenvalue weighted by Gasteiger charge is -2.05. The summed E-state index contributed by atoms with van der Waals surface area (Å²) in [6.07, 6.45) is 10.1. The molecular formula is C15H18N2O. The van der Waals surface area contributed by atoms with Crippen LogP contribution >= 0.6 is 0 Å². The average molecular weight is 242 g/mol. The van der Waals surface area contributed by atoms with Crippen LogP contribution in [0.3, 0.4) is 0 Å². The molecule has 2 heterocycles. The summed E-state index contributed by atoms with van der Waals surface area (Å²) in [5.41, 5.74) is 1.98. The largest absolute Gasteiger partial charge is 0.307 e. The first kappa shape index (κ1) is 11.5. The van der Waals surface area contributed by atoms with Crippen LogP contribution in [0.15, 0.2) is 30.6 Å². The zero-order chi connectivity index (χ0) is 12.4. The van der Waals surface area contributed by atoms with Crippen molar-refractivity contribution in [1.82, 2.24) is 9.38 Å². The van der Waals surface area contributed by atoms with Crippen LogP contribution in [0.25, 0.3) is 5.65 Å². The van der Waals surface area contributed by atoms with Gasteiger partial charge in [-0.2, -0.15) is 0 Å². The van der Waals surface area contributed by atoms with Gasteiger partial charge in [-0.15, -0.1) is 0 Å². The Hall–Kier alpha value is -1.64. The Morgan fingerprint density at radius 1 is 1.33 bits per heavy atom. The molecule has 2 aromatic heterocycles. The van der Waals surface area contributed by atoms with Crippen LogP contribution in [0.5, 0.6) is 0 Å². The average Bonchev–Trinajstić information content (AvgIpc) is 3.04. The molecule has 0 aromatic carbocycles. The van der Waals surface area contributed by atoms with Gasteiger partial charge in [0.15, 0.2) is 0 Å². The van der Waals surface area contributed by atoms with Crippen molar-refractivity contribution in [2.24, 2.45) is 5.92 Å². The van der Waals surface area contributed by atoms with Gasteiger partial charge in [0.1, 0.15) is 11.4 Å². The molecule has 0 atom stereocenters. The minimum atomic E-state index is 0.335. The van der Waals surface area contributed by atoms with Crippen molar-refractivity contribution >= 4 is 11.4 Å². The molecule has 1 aliphatic carbocycles. The molecule has 2 aromatic rings. The van der Waals surface area contributed by atoms with E-state index in [1.165, 1.54) is 12.8 Å². The van der Waals surface area contributed by atoms with Crippen molar-refractivity contribution < 1.29 is 4.79 Å². The number of pyridine rings is 1. The Kier molecular flexibility index (Phi) is 3.13. The predicted molar refractivity (Wildman–Crippen MR) is 70.5 cm³/mol. The van der Waals surface area contributed by atoms with E-state index in [1.54, 1.807) is 0 Å². The number of rotatable bonds is 4. The zero-order valence-corrected chi connectivity index (χ0v) is 10.5. The second-order valence-electron chi connectivity index (χ2n) is 5.15. The first-order chi connectivity index (χ1) is 8.83. The highest BCUT2D eigenvalue weighted by Crippen LogP contribution is 2.26. The van der Waals surface area contributed by atoms with E-state index in [9.17, 15) is 4.79 Å². The molecule has 1 aliphatic rings. The molecule has 3 heteroatoms. The number of hydrogen-bond acceptors (Lipinski definition) is 2. The molecule has 0 unspecified atom stereocenters. The van der Waals surface area contributed by atoms with Crippen molar-refractivity contribution in [2.45, 2.75) is 38.5 Å². The summed E-state index contributed by atoms with van der Waals surface area (Å²) >= 11 is 0. The lowest BCUT2D eigenvalue weighted by atomic mass is 9.98. The fraction of sp³-hybridized carbons (Fsp3) is 0.467. The molecule has 3 rings (SSSR count). The van der Waals surface area contributed by atoms with Crippen molar-refractivity contribution in [3.8, 4) is 0 Å². The van der Waals surface area contributed by atoms with Crippen molar-refractivity contribution in [1.29, 1.82) is 0 Å². The van der Waals surface area contributed by atoms with Gasteiger partial charge in [0, 0.05) is 24.7 Å². The number of nitrogens with zero attached hydrogens (tertiary/aromatic N) is 2. The van der Waals surface area contributed by atoms with Gasteiger partial charge in [-0.3, -0.25) is 4.79 Å². The molecule has 1 fully saturated rings. The summed E-state index contributed by atoms with van der Waals surface area (Å²) in [5, 5.41) is 0. The van der Waals surface area contributed by atoms with Gasteiger partial charge in [0.05, 0.1) is 5.69 Å². The van der Waals surface area contributed by atoms with E-state index < -0.39 is 0 Å². The third-order valence-corrected chi connectivity index (χ3v) is 3.85. The number of carbonyl (C=O) groups excluding carboxylic acids is 1. The zero-order valence-electron chi connectivity index (χ0n) is 10.5. The van der Waals surface area contributed by atoms with Gasteiger partial charge in [-0.05, 0) is 31.4 Å². The molecule has 94 valence electrons. The summed E-state index contributed by atoms with van der Waals surface area (Å²) < 4.78 is 2.01. The summed E-state index contributed by atoms with van der Waals surface area (Å²) in [5.74, 6) is 0.770. The van der Waals surface area contributed by atoms with Crippen LogP contribution < -0.4 is 0 Å². The quantitative estimate of drug-likeness (QED) is 0.826. The van der Waals surface area contributed by atoms with E-state index in [0.29, 0.717) is 18.1 Å². The topological polar surface area (TPSA) is 34.4 Å². The number of fused-ring (bicyclic) bond motifs is 1. The Morgan fingerprint density at radius 2 is 2.17 bits per heavy atom. The second kappa shape index (κ2) is 4.92. The molecule has 18 heavy (non-hydrogen) atoms. The van der Waals surface area contributed by atoms with Gasteiger partial charge in [-0.25, -0.2) is 4.98 Å². The lowest BCUT2D eigenvalue weighted by Crippen LogP contribution is -2.11. The van der Waals surface area contributed by atoms with Crippen LogP contribution in [0.1, 0.15) is 37.8 Å². The number of imidazole rings is 1. The van der Waals surface area contributed by atoms with Gasteiger partial charge in [0.2, 0.25) is 0 Å². The number of Topliss-reactive ketones (excluding diaryl/α,β-unsaturated/α-hetero) is 1. The normalized spacial score (nSPS) is 16.4. The maximum absolute atomic E-state index is 12.0. The van der Waals surface area contributed by atoms with Crippen molar-refractivity contribution in [2.75, 3.05) is 0 Å². The van der Waals surface area contributed by atoms with E-state index >= 15 is 0 Å². The first-order valence-electron chi connectivity index (χ1n) is 6.78. The van der Waals surface area contributed by atoms with Gasteiger partial charge in [-0.1, -0.05) is 18.9 Å². The second-order valence-corrected chi connectivity index (χ2v) is 5.15. The number of hydrogen-bond donors (Lipinski definition) is 0. The minimum absolute atomic E-state index is 0.335. The summed E-state index contributed by atoms with van der Waals surface area (Å²) in [4.78, 5) is 16.5. The van der Waals surface area contributed by atoms with Gasteiger partial charge in [0.25, 0.3) is 0 Å². The number of carbonyl (C=O) groups is 1. The third kappa shape index (κ3) is 2.30. The van der Waals surface area contributed by atoms with E-state index in [2.05, 4.69) is 4.98 Å². The molecule has 0 saturated heterocycles. The Morgan fingerprint density at radius 3 is 2.94 bits per heavy atom. The third-order valence-electron chi connectivity index (χ3n) is 3.85. The molecule has 0 N–H and O–H groups in total. The van der Waals surface area contributed by atoms with Gasteiger partial charge < -0.3 is 4.40 Å². The maximum Gasteiger partial charge on any atom is 0.136 e. The van der Waals surface area contributed by atoms with Crippen molar-refractivity contribution in [3.63, 3.8) is 0 Å². The summed E-state index contributed by atoms with van der Waals surface area (Å²) in [7, 11) is 0. The number of aromatic nitrogens is 2. The van der Waals surface area contributed by atoms with Crippen LogP contribution in [0, 0.1) is 5.92 Å². The molecule has 0 spiro atoms. The van der Waals surface area contributed by atoms with Crippen LogP contribution in [-0.4, -0.2) is 15.2 Å². The summed E-state index contributed by atoms with van der Waals surface area (Å²) in [6.45, 7) is 0. The number of ketones is 1. The standard InChI is InChI=1S/C15H18N2O/c18-14(12-5-1-2-6-12)9-8-13-11-17-10-4-3-7-15(17)16-13/h3-4,7,10-12H,1-2,5-6,8-9H2.